The molecule has 178 valence electrons. The summed E-state index contributed by atoms with van der Waals surface area (Å²) in [5.74, 6) is 3.06. The van der Waals surface area contributed by atoms with Crippen molar-refractivity contribution in [1.29, 1.82) is 0 Å². The van der Waals surface area contributed by atoms with Gasteiger partial charge in [-0.25, -0.2) is 0 Å². The number of rotatable bonds is 5. The third-order valence-corrected chi connectivity index (χ3v) is 8.88. The van der Waals surface area contributed by atoms with Crippen molar-refractivity contribution in [3.05, 3.63) is 18.0 Å². The minimum Gasteiger partial charge on any atom is -0.383 e. The van der Waals surface area contributed by atoms with E-state index in [0.717, 1.165) is 44.9 Å². The molecular formula is C25H40N4O3. The average molecular weight is 445 g/mol. The zero-order valence-corrected chi connectivity index (χ0v) is 20.2. The van der Waals surface area contributed by atoms with Gasteiger partial charge in [0.25, 0.3) is 0 Å². The number of nitrogens with zero attached hydrogens (tertiary/aromatic N) is 4. The monoisotopic (exact) mass is 444 g/mol. The van der Waals surface area contributed by atoms with Crippen molar-refractivity contribution in [2.24, 2.45) is 35.0 Å². The molecule has 2 saturated carbocycles. The van der Waals surface area contributed by atoms with Crippen molar-refractivity contribution < 1.29 is 14.6 Å². The van der Waals surface area contributed by atoms with Gasteiger partial charge in [-0.05, 0) is 86.2 Å². The normalized spacial score (nSPS) is 40.0. The lowest BCUT2D eigenvalue weighted by molar-refractivity contribution is -0.128. The van der Waals surface area contributed by atoms with E-state index in [1.807, 2.05) is 6.08 Å². The van der Waals surface area contributed by atoms with Gasteiger partial charge in [0, 0.05) is 13.0 Å². The lowest BCUT2D eigenvalue weighted by Gasteiger charge is -2.43. The van der Waals surface area contributed by atoms with Gasteiger partial charge in [-0.2, -0.15) is 4.80 Å². The molecule has 0 spiro atoms. The van der Waals surface area contributed by atoms with Crippen LogP contribution in [0.2, 0.25) is 0 Å². The molecule has 0 unspecified atom stereocenters. The molecular weight excluding hydrogens is 404 g/mol. The van der Waals surface area contributed by atoms with Crippen molar-refractivity contribution in [2.75, 3.05) is 13.7 Å². The summed E-state index contributed by atoms with van der Waals surface area (Å²) in [6.45, 7) is 7.12. The van der Waals surface area contributed by atoms with E-state index in [4.69, 9.17) is 4.74 Å². The highest BCUT2D eigenvalue weighted by molar-refractivity contribution is 5.81. The Morgan fingerprint density at radius 2 is 2.09 bits per heavy atom. The van der Waals surface area contributed by atoms with Gasteiger partial charge in [-0.1, -0.05) is 32.4 Å². The van der Waals surface area contributed by atoms with Gasteiger partial charge >= 0.3 is 0 Å². The number of carbonyl (C=O) groups excluding carboxylic acids is 1. The fourth-order valence-corrected chi connectivity index (χ4v) is 7.10. The van der Waals surface area contributed by atoms with Gasteiger partial charge in [-0.3, -0.25) is 4.79 Å². The minimum absolute atomic E-state index is 0.0446. The summed E-state index contributed by atoms with van der Waals surface area (Å²) in [4.78, 5) is 14.8. The number of Topliss-reactive ketones (excluding diaryl/α,β-unsaturated/α-hetero) is 1. The number of aromatic nitrogens is 4. The van der Waals surface area contributed by atoms with E-state index in [9.17, 15) is 9.90 Å². The summed E-state index contributed by atoms with van der Waals surface area (Å²) in [6.07, 6.45) is 12.8. The van der Waals surface area contributed by atoms with Crippen LogP contribution >= 0.6 is 0 Å². The van der Waals surface area contributed by atoms with Gasteiger partial charge in [0.1, 0.15) is 12.1 Å². The Kier molecular flexibility index (Phi) is 6.87. The Bertz CT molecular complexity index is 839. The first-order chi connectivity index (χ1) is 15.2. The van der Waals surface area contributed by atoms with Crippen molar-refractivity contribution in [3.63, 3.8) is 0 Å². The molecule has 7 nitrogen and oxygen atoms in total. The largest absolute Gasteiger partial charge is 0.383 e. The molecule has 0 aromatic carbocycles. The zero-order chi connectivity index (χ0) is 22.9. The van der Waals surface area contributed by atoms with Crippen molar-refractivity contribution in [1.82, 2.24) is 20.2 Å². The fraction of sp³-hybridized carbons (Fsp3) is 0.840. The first-order valence-electron chi connectivity index (χ1n) is 12.4. The summed E-state index contributed by atoms with van der Waals surface area (Å²) >= 11 is 0. The molecule has 3 aliphatic rings. The van der Waals surface area contributed by atoms with Gasteiger partial charge in [0.2, 0.25) is 0 Å². The first kappa shape index (κ1) is 23.6. The number of aliphatic hydroxyl groups is 1. The molecule has 3 aliphatic carbocycles. The van der Waals surface area contributed by atoms with Gasteiger partial charge in [0.15, 0.2) is 11.6 Å². The molecule has 0 radical (unpaired) electrons. The molecule has 4 rings (SSSR count). The molecule has 0 saturated heterocycles. The van der Waals surface area contributed by atoms with Crippen LogP contribution in [0.15, 0.2) is 12.2 Å². The Morgan fingerprint density at radius 3 is 2.81 bits per heavy atom. The second-order valence-corrected chi connectivity index (χ2v) is 11.1. The number of hydrogen-bond donors (Lipinski definition) is 1. The van der Waals surface area contributed by atoms with E-state index in [1.54, 1.807) is 14.0 Å². The SMILES string of the molecule is COC[C@@]1(O)C=C[C@H]2[C@@H](CCC[C@@H]3CC[C@H](C(=O)Cn4nnc(C)n4)[C@@]3(C)CC[C@H]2C)C1. The van der Waals surface area contributed by atoms with Crippen LogP contribution in [0.25, 0.3) is 0 Å². The number of aryl methyl sites for hydroxylation is 1. The second-order valence-electron chi connectivity index (χ2n) is 11.1. The number of hydrogen-bond acceptors (Lipinski definition) is 6. The topological polar surface area (TPSA) is 90.1 Å². The Labute approximate surface area is 192 Å². The Balaban J connectivity index is 1.49. The minimum atomic E-state index is -0.826. The summed E-state index contributed by atoms with van der Waals surface area (Å²) in [5.41, 5.74) is -0.782. The van der Waals surface area contributed by atoms with E-state index < -0.39 is 5.60 Å². The number of fused-ring (bicyclic) bond motifs is 2. The van der Waals surface area contributed by atoms with Crippen LogP contribution in [0.1, 0.15) is 71.0 Å². The van der Waals surface area contributed by atoms with Crippen LogP contribution in [0.5, 0.6) is 0 Å². The van der Waals surface area contributed by atoms with Crippen LogP contribution in [-0.2, 0) is 16.1 Å². The average Bonchev–Trinajstić information content (AvgIpc) is 3.29. The maximum atomic E-state index is 13.3. The third-order valence-electron chi connectivity index (χ3n) is 8.88. The van der Waals surface area contributed by atoms with Crippen LogP contribution < -0.4 is 0 Å². The number of methoxy groups -OCH3 is 1. The number of carbonyl (C=O) groups is 1. The highest BCUT2D eigenvalue weighted by atomic mass is 16.5. The van der Waals surface area contributed by atoms with E-state index >= 15 is 0 Å². The standard InChI is InChI=1S/C25H40N4O3/c1-17-10-12-24(3)20(8-9-22(24)23(30)15-29-27-18(2)26-28-29)7-5-6-19-14-25(31,16-32-4)13-11-21(17)19/h11,13,17,19-22,31H,5-10,12,14-16H2,1-4H3/t17-,19+,20-,21-,22-,24+,25-/m1/s1. The molecule has 7 atom stereocenters. The summed E-state index contributed by atoms with van der Waals surface area (Å²) in [7, 11) is 1.66. The highest BCUT2D eigenvalue weighted by Crippen LogP contribution is 2.55. The van der Waals surface area contributed by atoms with Crippen LogP contribution in [0.3, 0.4) is 0 Å². The smallest absolute Gasteiger partial charge is 0.171 e. The van der Waals surface area contributed by atoms with Crippen molar-refractivity contribution in [2.45, 2.75) is 84.3 Å². The number of tetrazole rings is 1. The highest BCUT2D eigenvalue weighted by Gasteiger charge is 2.50. The number of ketones is 1. The predicted molar refractivity (Wildman–Crippen MR) is 122 cm³/mol. The van der Waals surface area contributed by atoms with Crippen LogP contribution in [0.4, 0.5) is 0 Å². The summed E-state index contributed by atoms with van der Waals surface area (Å²) in [5, 5.41) is 23.1. The molecule has 0 amide bonds. The van der Waals surface area contributed by atoms with E-state index in [1.165, 1.54) is 11.2 Å². The number of ether oxygens (including phenoxy) is 1. The van der Waals surface area contributed by atoms with E-state index in [0.29, 0.717) is 36.1 Å². The zero-order valence-electron chi connectivity index (χ0n) is 20.2. The lowest BCUT2D eigenvalue weighted by atomic mass is 9.62. The predicted octanol–water partition coefficient (Wildman–Crippen LogP) is 3.75. The molecule has 0 bridgehead atoms. The Morgan fingerprint density at radius 1 is 1.28 bits per heavy atom. The van der Waals surface area contributed by atoms with Gasteiger partial charge < -0.3 is 9.84 Å². The molecule has 2 fully saturated rings. The van der Waals surface area contributed by atoms with E-state index in [-0.39, 0.29) is 23.7 Å². The van der Waals surface area contributed by atoms with Gasteiger partial charge in [0.05, 0.1) is 6.61 Å². The maximum absolute atomic E-state index is 13.3. The second kappa shape index (κ2) is 9.34. The van der Waals surface area contributed by atoms with Gasteiger partial charge in [-0.15, -0.1) is 10.2 Å². The molecule has 7 heteroatoms. The summed E-state index contributed by atoms with van der Waals surface area (Å²) < 4.78 is 5.29. The Hall–Kier alpha value is -1.60. The fourth-order valence-electron chi connectivity index (χ4n) is 7.10. The lowest BCUT2D eigenvalue weighted by Crippen LogP contribution is -2.41. The molecule has 1 N–H and O–H groups in total. The molecule has 1 aromatic heterocycles. The van der Waals surface area contributed by atoms with E-state index in [2.05, 4.69) is 35.3 Å². The third kappa shape index (κ3) is 4.69. The maximum Gasteiger partial charge on any atom is 0.171 e. The van der Waals surface area contributed by atoms with Crippen molar-refractivity contribution >= 4 is 5.78 Å². The molecule has 32 heavy (non-hydrogen) atoms. The molecule has 0 aliphatic heterocycles. The van der Waals surface area contributed by atoms with Crippen LogP contribution in [-0.4, -0.2) is 50.4 Å². The molecule has 1 heterocycles. The van der Waals surface area contributed by atoms with Crippen molar-refractivity contribution in [3.8, 4) is 0 Å². The molecule has 1 aromatic rings. The summed E-state index contributed by atoms with van der Waals surface area (Å²) in [6, 6.07) is 0. The quantitative estimate of drug-likeness (QED) is 0.696. The van der Waals surface area contributed by atoms with Crippen LogP contribution in [0, 0.1) is 41.9 Å². The number of allylic oxidation sites excluding steroid dienone is 1. The first-order valence-corrected chi connectivity index (χ1v) is 12.4.